The van der Waals surface area contributed by atoms with Crippen molar-refractivity contribution < 1.29 is 14.3 Å². The molecule has 7 heteroatoms. The van der Waals surface area contributed by atoms with Crippen molar-refractivity contribution in [3.05, 3.63) is 17.0 Å². The molecular formula is C16H26N4O3. The highest BCUT2D eigenvalue weighted by Gasteiger charge is 2.32. The minimum Gasteiger partial charge on any atom is -0.453 e. The normalized spacial score (nSPS) is 17.9. The van der Waals surface area contributed by atoms with Gasteiger partial charge in [-0.05, 0) is 45.6 Å². The lowest BCUT2D eigenvalue weighted by Gasteiger charge is -2.33. The molecule has 0 spiro atoms. The highest BCUT2D eigenvalue weighted by molar-refractivity contribution is 5.85. The van der Waals surface area contributed by atoms with Crippen LogP contribution < -0.4 is 5.32 Å². The fourth-order valence-electron chi connectivity index (χ4n) is 2.95. The van der Waals surface area contributed by atoms with E-state index in [9.17, 15) is 9.59 Å². The minimum absolute atomic E-state index is 0.117. The summed E-state index contributed by atoms with van der Waals surface area (Å²) in [6.45, 7) is 7.73. The fourth-order valence-corrected chi connectivity index (χ4v) is 2.95. The molecule has 1 aliphatic rings. The molecule has 0 aromatic carbocycles. The fraction of sp³-hybridized carbons (Fsp3) is 0.688. The molecule has 0 aliphatic carbocycles. The number of carbonyl (C=O) groups is 2. The second-order valence-electron chi connectivity index (χ2n) is 5.98. The number of carbonyl (C=O) groups excluding carboxylic acids is 2. The van der Waals surface area contributed by atoms with Gasteiger partial charge >= 0.3 is 6.09 Å². The molecule has 0 saturated carbocycles. The van der Waals surface area contributed by atoms with Gasteiger partial charge in [-0.15, -0.1) is 0 Å². The predicted octanol–water partition coefficient (Wildman–Crippen LogP) is 1.55. The molecule has 1 saturated heterocycles. The smallest absolute Gasteiger partial charge is 0.410 e. The third kappa shape index (κ3) is 3.83. The van der Waals surface area contributed by atoms with Crippen molar-refractivity contribution in [1.82, 2.24) is 20.0 Å². The molecule has 0 bridgehead atoms. The Morgan fingerprint density at radius 1 is 1.30 bits per heavy atom. The lowest BCUT2D eigenvalue weighted by molar-refractivity contribution is -0.127. The summed E-state index contributed by atoms with van der Waals surface area (Å²) in [5.74, 6) is -0.117. The van der Waals surface area contributed by atoms with Crippen LogP contribution in [0.2, 0.25) is 0 Å². The number of ether oxygens (including phenoxy) is 1. The first-order valence-electron chi connectivity index (χ1n) is 8.08. The summed E-state index contributed by atoms with van der Waals surface area (Å²) >= 11 is 0. The predicted molar refractivity (Wildman–Crippen MR) is 86.2 cm³/mol. The van der Waals surface area contributed by atoms with Gasteiger partial charge in [-0.1, -0.05) is 0 Å². The molecule has 0 radical (unpaired) electrons. The maximum atomic E-state index is 12.4. The van der Waals surface area contributed by atoms with Crippen molar-refractivity contribution in [2.75, 3.05) is 20.2 Å². The number of amides is 2. The van der Waals surface area contributed by atoms with Gasteiger partial charge in [-0.25, -0.2) is 4.79 Å². The monoisotopic (exact) mass is 322 g/mol. The van der Waals surface area contributed by atoms with Crippen LogP contribution in [0.25, 0.3) is 0 Å². The van der Waals surface area contributed by atoms with Gasteiger partial charge < -0.3 is 10.1 Å². The molecule has 128 valence electrons. The van der Waals surface area contributed by atoms with Crippen molar-refractivity contribution in [3.8, 4) is 0 Å². The minimum atomic E-state index is -0.432. The first-order valence-corrected chi connectivity index (χ1v) is 8.08. The summed E-state index contributed by atoms with van der Waals surface area (Å²) in [6.07, 6.45) is 2.10. The molecule has 1 aliphatic heterocycles. The van der Waals surface area contributed by atoms with Crippen LogP contribution in [0.15, 0.2) is 0 Å². The lowest BCUT2D eigenvalue weighted by atomic mass is 10.0. The van der Waals surface area contributed by atoms with Crippen LogP contribution in [-0.2, 0) is 16.1 Å². The van der Waals surface area contributed by atoms with Gasteiger partial charge in [0.05, 0.1) is 19.3 Å². The molecule has 2 heterocycles. The summed E-state index contributed by atoms with van der Waals surface area (Å²) in [4.78, 5) is 25.7. The van der Waals surface area contributed by atoms with E-state index >= 15 is 0 Å². The molecular weight excluding hydrogens is 296 g/mol. The Balaban J connectivity index is 1.90. The van der Waals surface area contributed by atoms with Crippen LogP contribution in [0, 0.1) is 20.8 Å². The number of nitrogens with zero attached hydrogens (tertiary/aromatic N) is 3. The van der Waals surface area contributed by atoms with Gasteiger partial charge in [0.1, 0.15) is 6.04 Å². The Morgan fingerprint density at radius 3 is 2.65 bits per heavy atom. The van der Waals surface area contributed by atoms with E-state index in [0.29, 0.717) is 26.1 Å². The third-order valence-electron chi connectivity index (χ3n) is 4.58. The molecule has 1 atom stereocenters. The first-order chi connectivity index (χ1) is 11.0. The summed E-state index contributed by atoms with van der Waals surface area (Å²) in [5.41, 5.74) is 3.31. The van der Waals surface area contributed by atoms with Gasteiger partial charge in [-0.3, -0.25) is 14.4 Å². The molecule has 23 heavy (non-hydrogen) atoms. The van der Waals surface area contributed by atoms with Crippen LogP contribution in [0.1, 0.15) is 36.2 Å². The van der Waals surface area contributed by atoms with Gasteiger partial charge in [0.25, 0.3) is 0 Å². The summed E-state index contributed by atoms with van der Waals surface area (Å²) in [7, 11) is 1.34. The van der Waals surface area contributed by atoms with Crippen LogP contribution in [0.5, 0.6) is 0 Å². The van der Waals surface area contributed by atoms with E-state index in [1.54, 1.807) is 0 Å². The van der Waals surface area contributed by atoms with E-state index in [4.69, 9.17) is 4.74 Å². The largest absolute Gasteiger partial charge is 0.453 e. The van der Waals surface area contributed by atoms with Crippen LogP contribution in [0.4, 0.5) is 4.79 Å². The number of nitrogens with one attached hydrogen (secondary N) is 1. The maximum absolute atomic E-state index is 12.4. The van der Waals surface area contributed by atoms with Crippen molar-refractivity contribution in [3.63, 3.8) is 0 Å². The third-order valence-corrected chi connectivity index (χ3v) is 4.58. The number of piperidine rings is 1. The quantitative estimate of drug-likeness (QED) is 0.912. The average molecular weight is 322 g/mol. The van der Waals surface area contributed by atoms with Gasteiger partial charge in [0, 0.05) is 18.8 Å². The standard InChI is InChI=1S/C16H26N4O3/c1-11-12(2)18-20(13(11)3)10-8-17-15(21)14-7-5-6-9-19(14)16(22)23-4/h14H,5-10H2,1-4H3,(H,17,21)/t14-/m1/s1. The van der Waals surface area contributed by atoms with Crippen molar-refractivity contribution >= 4 is 12.0 Å². The Morgan fingerprint density at radius 2 is 2.04 bits per heavy atom. The molecule has 2 amide bonds. The Labute approximate surface area is 137 Å². The number of aryl methyl sites for hydroxylation is 1. The summed E-state index contributed by atoms with van der Waals surface area (Å²) < 4.78 is 6.68. The second-order valence-corrected chi connectivity index (χ2v) is 5.98. The topological polar surface area (TPSA) is 76.5 Å². The number of hydrogen-bond acceptors (Lipinski definition) is 4. The zero-order valence-electron chi connectivity index (χ0n) is 14.4. The molecule has 1 N–H and O–H groups in total. The molecule has 1 aromatic rings. The molecule has 1 fully saturated rings. The molecule has 7 nitrogen and oxygen atoms in total. The van der Waals surface area contributed by atoms with Crippen LogP contribution in [-0.4, -0.2) is 52.9 Å². The summed E-state index contributed by atoms with van der Waals surface area (Å²) in [6, 6.07) is -0.432. The van der Waals surface area contributed by atoms with Gasteiger partial charge in [0.15, 0.2) is 0 Å². The number of rotatable bonds is 4. The number of aromatic nitrogens is 2. The van der Waals surface area contributed by atoms with Crippen molar-refractivity contribution in [2.24, 2.45) is 0 Å². The summed E-state index contributed by atoms with van der Waals surface area (Å²) in [5, 5.41) is 7.37. The SMILES string of the molecule is COC(=O)N1CCCC[C@@H]1C(=O)NCCn1nc(C)c(C)c1C. The Hall–Kier alpha value is -2.05. The lowest BCUT2D eigenvalue weighted by Crippen LogP contribution is -2.52. The van der Waals surface area contributed by atoms with Crippen molar-refractivity contribution in [2.45, 2.75) is 52.6 Å². The van der Waals surface area contributed by atoms with E-state index in [0.717, 1.165) is 24.2 Å². The van der Waals surface area contributed by atoms with Gasteiger partial charge in [0.2, 0.25) is 5.91 Å². The molecule has 1 aromatic heterocycles. The van der Waals surface area contributed by atoms with E-state index in [-0.39, 0.29) is 5.91 Å². The average Bonchev–Trinajstić information content (AvgIpc) is 2.81. The number of methoxy groups -OCH3 is 1. The Bertz CT molecular complexity index is 582. The van der Waals surface area contributed by atoms with Gasteiger partial charge in [-0.2, -0.15) is 5.10 Å². The zero-order chi connectivity index (χ0) is 17.0. The van der Waals surface area contributed by atoms with E-state index in [1.165, 1.54) is 17.6 Å². The molecule has 2 rings (SSSR count). The van der Waals surface area contributed by atoms with E-state index in [2.05, 4.69) is 10.4 Å². The highest BCUT2D eigenvalue weighted by Crippen LogP contribution is 2.18. The zero-order valence-corrected chi connectivity index (χ0v) is 14.4. The number of likely N-dealkylation sites (tertiary alicyclic amines) is 1. The second kappa shape index (κ2) is 7.48. The van der Waals surface area contributed by atoms with Crippen LogP contribution >= 0.6 is 0 Å². The Kier molecular flexibility index (Phi) is 5.63. The number of hydrogen-bond donors (Lipinski definition) is 1. The maximum Gasteiger partial charge on any atom is 0.410 e. The van der Waals surface area contributed by atoms with Crippen LogP contribution in [0.3, 0.4) is 0 Å². The highest BCUT2D eigenvalue weighted by atomic mass is 16.5. The van der Waals surface area contributed by atoms with E-state index < -0.39 is 12.1 Å². The van der Waals surface area contributed by atoms with E-state index in [1.807, 2.05) is 25.5 Å². The first kappa shape index (κ1) is 17.3. The van der Waals surface area contributed by atoms with Crippen molar-refractivity contribution in [1.29, 1.82) is 0 Å². The molecule has 0 unspecified atom stereocenters.